The number of likely N-dealkylation sites (N-methyl/N-ethyl adjacent to an activating group) is 1. The summed E-state index contributed by atoms with van der Waals surface area (Å²) in [5.74, 6) is -0.0311. The standard InChI is InChI=1S/C18H27N3O2/c1-20(2)11-9-14-5-7-15(8-6-14)19-18(22)17-12-21-10-3-4-16(21)13-23-17/h5-8,16-17H,3-4,9-13H2,1-2H3,(H,19,22). The van der Waals surface area contributed by atoms with Crippen LogP contribution in [0.5, 0.6) is 0 Å². The molecule has 0 bridgehead atoms. The highest BCUT2D eigenvalue weighted by atomic mass is 16.5. The molecular formula is C18H27N3O2. The first-order valence-electron chi connectivity index (χ1n) is 8.52. The van der Waals surface area contributed by atoms with Gasteiger partial charge in [0.1, 0.15) is 6.10 Å². The fourth-order valence-corrected chi connectivity index (χ4v) is 3.31. The second-order valence-corrected chi connectivity index (χ2v) is 6.85. The number of rotatable bonds is 5. The lowest BCUT2D eigenvalue weighted by Gasteiger charge is -2.34. The molecule has 3 rings (SSSR count). The number of benzene rings is 1. The normalized spacial score (nSPS) is 24.7. The van der Waals surface area contributed by atoms with Gasteiger partial charge in [-0.05, 0) is 57.6 Å². The lowest BCUT2D eigenvalue weighted by Crippen LogP contribution is -2.50. The van der Waals surface area contributed by atoms with Gasteiger partial charge in [-0.25, -0.2) is 0 Å². The number of nitrogens with zero attached hydrogens (tertiary/aromatic N) is 2. The van der Waals surface area contributed by atoms with E-state index in [-0.39, 0.29) is 12.0 Å². The Labute approximate surface area is 138 Å². The van der Waals surface area contributed by atoms with Gasteiger partial charge in [0.25, 0.3) is 5.91 Å². The number of hydrogen-bond acceptors (Lipinski definition) is 4. The van der Waals surface area contributed by atoms with Gasteiger partial charge in [-0.15, -0.1) is 0 Å². The summed E-state index contributed by atoms with van der Waals surface area (Å²) in [5, 5.41) is 2.98. The van der Waals surface area contributed by atoms with Crippen LogP contribution in [0.1, 0.15) is 18.4 Å². The van der Waals surface area contributed by atoms with Crippen LogP contribution in [0.25, 0.3) is 0 Å². The molecular weight excluding hydrogens is 290 g/mol. The Hall–Kier alpha value is -1.43. The second kappa shape index (κ2) is 7.43. The van der Waals surface area contributed by atoms with Crippen LogP contribution in [0, 0.1) is 0 Å². The molecule has 1 aromatic rings. The first-order chi connectivity index (χ1) is 11.1. The van der Waals surface area contributed by atoms with Crippen molar-refractivity contribution in [2.24, 2.45) is 0 Å². The molecule has 2 heterocycles. The molecule has 23 heavy (non-hydrogen) atoms. The van der Waals surface area contributed by atoms with Crippen LogP contribution >= 0.6 is 0 Å². The molecule has 1 aromatic carbocycles. The number of ether oxygens (including phenoxy) is 1. The molecule has 0 radical (unpaired) electrons. The Kier molecular flexibility index (Phi) is 5.30. The minimum absolute atomic E-state index is 0.0311. The van der Waals surface area contributed by atoms with Gasteiger partial charge in [-0.2, -0.15) is 0 Å². The van der Waals surface area contributed by atoms with Gasteiger partial charge in [-0.1, -0.05) is 12.1 Å². The zero-order valence-electron chi connectivity index (χ0n) is 14.1. The Morgan fingerprint density at radius 3 is 2.87 bits per heavy atom. The summed E-state index contributed by atoms with van der Waals surface area (Å²) < 4.78 is 5.76. The molecule has 5 nitrogen and oxygen atoms in total. The molecule has 5 heteroatoms. The number of carbonyl (C=O) groups is 1. The lowest BCUT2D eigenvalue weighted by molar-refractivity contribution is -0.135. The topological polar surface area (TPSA) is 44.8 Å². The molecule has 0 saturated carbocycles. The summed E-state index contributed by atoms with van der Waals surface area (Å²) in [7, 11) is 4.15. The van der Waals surface area contributed by atoms with Gasteiger partial charge >= 0.3 is 0 Å². The Bertz CT molecular complexity index is 530. The van der Waals surface area contributed by atoms with E-state index in [2.05, 4.69) is 41.3 Å². The van der Waals surface area contributed by atoms with Crippen molar-refractivity contribution < 1.29 is 9.53 Å². The maximum atomic E-state index is 12.4. The number of morpholine rings is 1. The van der Waals surface area contributed by atoms with Crippen LogP contribution in [0.2, 0.25) is 0 Å². The zero-order chi connectivity index (χ0) is 16.2. The average molecular weight is 317 g/mol. The van der Waals surface area contributed by atoms with Crippen molar-refractivity contribution in [2.45, 2.75) is 31.4 Å². The Morgan fingerprint density at radius 2 is 2.13 bits per heavy atom. The summed E-state index contributed by atoms with van der Waals surface area (Å²) in [6, 6.07) is 8.64. The van der Waals surface area contributed by atoms with Crippen molar-refractivity contribution in [3.63, 3.8) is 0 Å². The third-order valence-electron chi connectivity index (χ3n) is 4.75. The number of hydrogen-bond donors (Lipinski definition) is 1. The molecule has 1 amide bonds. The van der Waals surface area contributed by atoms with E-state index in [1.165, 1.54) is 18.4 Å². The first-order valence-corrected chi connectivity index (χ1v) is 8.52. The van der Waals surface area contributed by atoms with Gasteiger partial charge in [-0.3, -0.25) is 9.69 Å². The van der Waals surface area contributed by atoms with E-state index in [4.69, 9.17) is 4.74 Å². The summed E-state index contributed by atoms with van der Waals surface area (Å²) in [4.78, 5) is 16.9. The van der Waals surface area contributed by atoms with Crippen molar-refractivity contribution in [1.82, 2.24) is 9.80 Å². The average Bonchev–Trinajstić information content (AvgIpc) is 3.01. The van der Waals surface area contributed by atoms with E-state index in [1.807, 2.05) is 12.1 Å². The molecule has 2 saturated heterocycles. The third kappa shape index (κ3) is 4.31. The van der Waals surface area contributed by atoms with Crippen molar-refractivity contribution >= 4 is 11.6 Å². The molecule has 2 aliphatic rings. The predicted molar refractivity (Wildman–Crippen MR) is 91.7 cm³/mol. The maximum absolute atomic E-state index is 12.4. The summed E-state index contributed by atoms with van der Waals surface area (Å²) >= 11 is 0. The largest absolute Gasteiger partial charge is 0.365 e. The maximum Gasteiger partial charge on any atom is 0.254 e. The van der Waals surface area contributed by atoms with E-state index < -0.39 is 0 Å². The van der Waals surface area contributed by atoms with Crippen LogP contribution in [0.3, 0.4) is 0 Å². The molecule has 2 atom stereocenters. The van der Waals surface area contributed by atoms with E-state index in [0.29, 0.717) is 12.6 Å². The third-order valence-corrected chi connectivity index (χ3v) is 4.75. The fourth-order valence-electron chi connectivity index (χ4n) is 3.31. The molecule has 0 spiro atoms. The van der Waals surface area contributed by atoms with Gasteiger partial charge in [0, 0.05) is 24.8 Å². The molecule has 2 fully saturated rings. The van der Waals surface area contributed by atoms with Crippen LogP contribution in [-0.4, -0.2) is 68.2 Å². The van der Waals surface area contributed by atoms with E-state index in [0.717, 1.165) is 31.7 Å². The number of carbonyl (C=O) groups excluding carboxylic acids is 1. The highest BCUT2D eigenvalue weighted by Gasteiger charge is 2.35. The quantitative estimate of drug-likeness (QED) is 0.896. The molecule has 0 aliphatic carbocycles. The number of nitrogens with one attached hydrogen (secondary N) is 1. The highest BCUT2D eigenvalue weighted by Crippen LogP contribution is 2.23. The van der Waals surface area contributed by atoms with Gasteiger partial charge in [0.2, 0.25) is 0 Å². The molecule has 2 aliphatic heterocycles. The zero-order valence-corrected chi connectivity index (χ0v) is 14.1. The Balaban J connectivity index is 1.51. The second-order valence-electron chi connectivity index (χ2n) is 6.85. The van der Waals surface area contributed by atoms with Gasteiger partial charge < -0.3 is 15.0 Å². The van der Waals surface area contributed by atoms with E-state index in [1.54, 1.807) is 0 Å². The minimum atomic E-state index is -0.349. The van der Waals surface area contributed by atoms with Crippen LogP contribution in [0.15, 0.2) is 24.3 Å². The van der Waals surface area contributed by atoms with Crippen molar-refractivity contribution in [3.8, 4) is 0 Å². The van der Waals surface area contributed by atoms with Crippen molar-refractivity contribution in [1.29, 1.82) is 0 Å². The number of amides is 1. The van der Waals surface area contributed by atoms with Crippen molar-refractivity contribution in [2.75, 3.05) is 45.7 Å². The van der Waals surface area contributed by atoms with Crippen LogP contribution in [0.4, 0.5) is 5.69 Å². The molecule has 0 aromatic heterocycles. The fraction of sp³-hybridized carbons (Fsp3) is 0.611. The monoisotopic (exact) mass is 317 g/mol. The van der Waals surface area contributed by atoms with Crippen molar-refractivity contribution in [3.05, 3.63) is 29.8 Å². The number of fused-ring (bicyclic) bond motifs is 1. The van der Waals surface area contributed by atoms with Gasteiger partial charge in [0.15, 0.2) is 0 Å². The summed E-state index contributed by atoms with van der Waals surface area (Å²) in [6.07, 6.45) is 3.08. The smallest absolute Gasteiger partial charge is 0.254 e. The van der Waals surface area contributed by atoms with E-state index >= 15 is 0 Å². The number of anilines is 1. The molecule has 1 N–H and O–H groups in total. The Morgan fingerprint density at radius 1 is 1.35 bits per heavy atom. The van der Waals surface area contributed by atoms with Crippen LogP contribution < -0.4 is 5.32 Å². The first kappa shape index (κ1) is 16.4. The minimum Gasteiger partial charge on any atom is -0.365 e. The summed E-state index contributed by atoms with van der Waals surface area (Å²) in [5.41, 5.74) is 2.13. The molecule has 126 valence electrons. The summed E-state index contributed by atoms with van der Waals surface area (Å²) in [6.45, 7) is 3.52. The van der Waals surface area contributed by atoms with Crippen LogP contribution in [-0.2, 0) is 16.0 Å². The van der Waals surface area contributed by atoms with E-state index in [9.17, 15) is 4.79 Å². The van der Waals surface area contributed by atoms with Gasteiger partial charge in [0.05, 0.1) is 6.61 Å². The predicted octanol–water partition coefficient (Wildman–Crippen LogP) is 1.59. The lowest BCUT2D eigenvalue weighted by atomic mass is 10.1. The highest BCUT2D eigenvalue weighted by molar-refractivity contribution is 5.94. The SMILES string of the molecule is CN(C)CCc1ccc(NC(=O)C2CN3CCCC3CO2)cc1. The molecule has 2 unspecified atom stereocenters.